The summed E-state index contributed by atoms with van der Waals surface area (Å²) < 4.78 is 5.97. The first kappa shape index (κ1) is 14.3. The summed E-state index contributed by atoms with van der Waals surface area (Å²) in [5, 5.41) is 14.4. The molecule has 5 heteroatoms. The molecule has 4 nitrogen and oxygen atoms in total. The Morgan fingerprint density at radius 3 is 2.75 bits per heavy atom. The minimum atomic E-state index is 0.409. The van der Waals surface area contributed by atoms with Crippen molar-refractivity contribution in [3.8, 4) is 0 Å². The van der Waals surface area contributed by atoms with Gasteiger partial charge in [-0.25, -0.2) is 0 Å². The van der Waals surface area contributed by atoms with E-state index in [1.807, 2.05) is 0 Å². The number of hydrogen-bond acceptors (Lipinski definition) is 5. The standard InChI is InChI=1S/C15H25N3OS/c1-3-10(4-2)13-9-12(7-8-19-13)16-15-18-17-14(20-15)11-5-6-11/h10-13H,3-9H2,1-2H3,(H,16,18). The normalized spacial score (nSPS) is 26.9. The van der Waals surface area contributed by atoms with Gasteiger partial charge in [0.1, 0.15) is 5.01 Å². The molecule has 1 saturated heterocycles. The van der Waals surface area contributed by atoms with Crippen LogP contribution < -0.4 is 5.32 Å². The number of rotatable bonds is 6. The molecule has 112 valence electrons. The lowest BCUT2D eigenvalue weighted by Crippen LogP contribution is -2.37. The van der Waals surface area contributed by atoms with Crippen LogP contribution in [0.1, 0.15) is 63.3 Å². The van der Waals surface area contributed by atoms with Crippen molar-refractivity contribution in [3.63, 3.8) is 0 Å². The van der Waals surface area contributed by atoms with Crippen molar-refractivity contribution in [2.24, 2.45) is 5.92 Å². The van der Waals surface area contributed by atoms with E-state index >= 15 is 0 Å². The van der Waals surface area contributed by atoms with Crippen LogP contribution in [0, 0.1) is 5.92 Å². The zero-order valence-electron chi connectivity index (χ0n) is 12.5. The predicted molar refractivity (Wildman–Crippen MR) is 82.3 cm³/mol. The van der Waals surface area contributed by atoms with Gasteiger partial charge in [-0.05, 0) is 31.6 Å². The zero-order valence-corrected chi connectivity index (χ0v) is 13.3. The monoisotopic (exact) mass is 295 g/mol. The smallest absolute Gasteiger partial charge is 0.205 e. The van der Waals surface area contributed by atoms with Crippen LogP contribution in [0.2, 0.25) is 0 Å². The Morgan fingerprint density at radius 2 is 2.05 bits per heavy atom. The van der Waals surface area contributed by atoms with Crippen LogP contribution in [0.15, 0.2) is 0 Å². The maximum atomic E-state index is 5.97. The van der Waals surface area contributed by atoms with Gasteiger partial charge in [0.2, 0.25) is 5.13 Å². The lowest BCUT2D eigenvalue weighted by molar-refractivity contribution is -0.0271. The summed E-state index contributed by atoms with van der Waals surface area (Å²) in [7, 11) is 0. The molecule has 2 aliphatic rings. The third-order valence-electron chi connectivity index (χ3n) is 4.58. The Bertz CT molecular complexity index is 429. The Morgan fingerprint density at radius 1 is 1.25 bits per heavy atom. The molecule has 1 saturated carbocycles. The first-order valence-corrected chi connectivity index (χ1v) is 8.83. The van der Waals surface area contributed by atoms with E-state index in [2.05, 4.69) is 29.4 Å². The van der Waals surface area contributed by atoms with Gasteiger partial charge in [-0.2, -0.15) is 0 Å². The summed E-state index contributed by atoms with van der Waals surface area (Å²) in [4.78, 5) is 0. The van der Waals surface area contributed by atoms with E-state index in [4.69, 9.17) is 4.74 Å². The van der Waals surface area contributed by atoms with Gasteiger partial charge in [-0.1, -0.05) is 38.0 Å². The Kier molecular flexibility index (Phi) is 4.56. The fourth-order valence-corrected chi connectivity index (χ4v) is 4.05. The Labute approximate surface area is 125 Å². The highest BCUT2D eigenvalue weighted by molar-refractivity contribution is 7.15. The molecule has 1 aromatic heterocycles. The van der Waals surface area contributed by atoms with E-state index in [0.717, 1.165) is 24.6 Å². The molecule has 0 aromatic carbocycles. The Hall–Kier alpha value is -0.680. The summed E-state index contributed by atoms with van der Waals surface area (Å²) in [5.74, 6) is 1.39. The molecule has 2 atom stereocenters. The second-order valence-corrected chi connectivity index (χ2v) is 7.08. The van der Waals surface area contributed by atoms with E-state index in [9.17, 15) is 0 Å². The minimum Gasteiger partial charge on any atom is -0.378 e. The lowest BCUT2D eigenvalue weighted by atomic mass is 9.89. The van der Waals surface area contributed by atoms with Crippen molar-refractivity contribution in [3.05, 3.63) is 5.01 Å². The topological polar surface area (TPSA) is 47.0 Å². The van der Waals surface area contributed by atoms with Crippen LogP contribution in [0.4, 0.5) is 5.13 Å². The third kappa shape index (κ3) is 3.31. The summed E-state index contributed by atoms with van der Waals surface area (Å²) >= 11 is 1.74. The minimum absolute atomic E-state index is 0.409. The molecule has 2 unspecified atom stereocenters. The lowest BCUT2D eigenvalue weighted by Gasteiger charge is -2.34. The van der Waals surface area contributed by atoms with Gasteiger partial charge in [0.25, 0.3) is 0 Å². The summed E-state index contributed by atoms with van der Waals surface area (Å²) in [6.07, 6.45) is 7.59. The van der Waals surface area contributed by atoms with Crippen molar-refractivity contribution >= 4 is 16.5 Å². The van der Waals surface area contributed by atoms with E-state index in [1.54, 1.807) is 11.3 Å². The van der Waals surface area contributed by atoms with E-state index in [-0.39, 0.29) is 0 Å². The van der Waals surface area contributed by atoms with Crippen molar-refractivity contribution in [2.45, 2.75) is 70.4 Å². The molecule has 3 rings (SSSR count). The third-order valence-corrected chi connectivity index (χ3v) is 5.60. The van der Waals surface area contributed by atoms with Crippen LogP contribution >= 0.6 is 11.3 Å². The van der Waals surface area contributed by atoms with Crippen LogP contribution in [0.3, 0.4) is 0 Å². The van der Waals surface area contributed by atoms with Crippen molar-refractivity contribution < 1.29 is 4.74 Å². The molecule has 20 heavy (non-hydrogen) atoms. The number of hydrogen-bond donors (Lipinski definition) is 1. The maximum absolute atomic E-state index is 5.97. The van der Waals surface area contributed by atoms with Crippen LogP contribution in [0.25, 0.3) is 0 Å². The molecular formula is C15H25N3OS. The van der Waals surface area contributed by atoms with Crippen molar-refractivity contribution in [1.29, 1.82) is 0 Å². The average Bonchev–Trinajstić information content (AvgIpc) is 3.22. The van der Waals surface area contributed by atoms with Crippen LogP contribution in [0.5, 0.6) is 0 Å². The van der Waals surface area contributed by atoms with Gasteiger partial charge >= 0.3 is 0 Å². The summed E-state index contributed by atoms with van der Waals surface area (Å²) in [5.41, 5.74) is 0. The van der Waals surface area contributed by atoms with E-state index < -0.39 is 0 Å². The van der Waals surface area contributed by atoms with Crippen LogP contribution in [-0.2, 0) is 4.74 Å². The number of nitrogens with zero attached hydrogens (tertiary/aromatic N) is 2. The highest BCUT2D eigenvalue weighted by atomic mass is 32.1. The first-order valence-electron chi connectivity index (χ1n) is 8.01. The summed E-state index contributed by atoms with van der Waals surface area (Å²) in [6, 6.07) is 0.495. The van der Waals surface area contributed by atoms with Crippen molar-refractivity contribution in [2.75, 3.05) is 11.9 Å². The quantitative estimate of drug-likeness (QED) is 0.867. The number of aromatic nitrogens is 2. The second-order valence-electron chi connectivity index (χ2n) is 6.07. The van der Waals surface area contributed by atoms with E-state index in [0.29, 0.717) is 24.0 Å². The molecule has 2 heterocycles. The van der Waals surface area contributed by atoms with Gasteiger partial charge in [-0.15, -0.1) is 10.2 Å². The zero-order chi connectivity index (χ0) is 13.9. The number of anilines is 1. The molecule has 0 spiro atoms. The molecule has 2 fully saturated rings. The molecule has 0 amide bonds. The molecule has 0 bridgehead atoms. The Balaban J connectivity index is 1.56. The fourth-order valence-electron chi connectivity index (χ4n) is 3.06. The van der Waals surface area contributed by atoms with E-state index in [1.165, 1.54) is 30.7 Å². The fraction of sp³-hybridized carbons (Fsp3) is 0.867. The van der Waals surface area contributed by atoms with Crippen LogP contribution in [-0.4, -0.2) is 29.0 Å². The molecule has 1 aromatic rings. The van der Waals surface area contributed by atoms with Gasteiger partial charge in [0, 0.05) is 18.6 Å². The molecular weight excluding hydrogens is 270 g/mol. The van der Waals surface area contributed by atoms with Gasteiger partial charge in [-0.3, -0.25) is 0 Å². The van der Waals surface area contributed by atoms with Crippen molar-refractivity contribution in [1.82, 2.24) is 10.2 Å². The largest absolute Gasteiger partial charge is 0.378 e. The highest BCUT2D eigenvalue weighted by Gasteiger charge is 2.30. The maximum Gasteiger partial charge on any atom is 0.205 e. The second kappa shape index (κ2) is 6.39. The van der Waals surface area contributed by atoms with Gasteiger partial charge in [0.15, 0.2) is 0 Å². The molecule has 1 aliphatic carbocycles. The predicted octanol–water partition coefficient (Wildman–Crippen LogP) is 3.81. The molecule has 1 aliphatic heterocycles. The summed E-state index contributed by atoms with van der Waals surface area (Å²) in [6.45, 7) is 5.40. The SMILES string of the molecule is CCC(CC)C1CC(Nc2nnc(C3CC3)s2)CCO1. The van der Waals surface area contributed by atoms with Gasteiger partial charge < -0.3 is 10.1 Å². The molecule has 1 N–H and O–H groups in total. The number of ether oxygens (including phenoxy) is 1. The first-order chi connectivity index (χ1) is 9.80. The van der Waals surface area contributed by atoms with Gasteiger partial charge in [0.05, 0.1) is 6.10 Å². The average molecular weight is 295 g/mol. The number of nitrogens with one attached hydrogen (secondary N) is 1. The highest BCUT2D eigenvalue weighted by Crippen LogP contribution is 2.42. The molecule has 0 radical (unpaired) electrons.